The minimum absolute atomic E-state index is 0.0582. The van der Waals surface area contributed by atoms with Crippen LogP contribution in [0.4, 0.5) is 23.0 Å². The van der Waals surface area contributed by atoms with Gasteiger partial charge in [-0.25, -0.2) is 4.98 Å². The van der Waals surface area contributed by atoms with Crippen molar-refractivity contribution in [2.75, 3.05) is 37.4 Å². The predicted molar refractivity (Wildman–Crippen MR) is 158 cm³/mol. The number of aromatic hydroxyl groups is 1. The van der Waals surface area contributed by atoms with Crippen LogP contribution >= 0.6 is 0 Å². The number of nitriles is 1. The highest BCUT2D eigenvalue weighted by molar-refractivity contribution is 6.30. The standard InChI is InChI=1S/C32H28N6O4/c1-19-23(18-33)31(35-16-17-42-2)36-32(34-15-14-20-8-4-3-5-9-20)28(19)38-37-24-12-6-10-21-26(24)30(41)27-22(29(21)40)11-7-13-25(27)39/h3-13,39H,14-17H2,1-2H3,(H2,34,35,36)/b38-37+. The topological polar surface area (TPSA) is 149 Å². The summed E-state index contributed by atoms with van der Waals surface area (Å²) in [6.07, 6.45) is 0.719. The van der Waals surface area contributed by atoms with Crippen LogP contribution in [0, 0.1) is 18.3 Å². The number of fused-ring (bicyclic) bond motifs is 2. The van der Waals surface area contributed by atoms with Gasteiger partial charge in [-0.05, 0) is 31.0 Å². The Hall–Kier alpha value is -5.40. The van der Waals surface area contributed by atoms with Crippen LogP contribution < -0.4 is 10.6 Å². The fourth-order valence-corrected chi connectivity index (χ4v) is 4.84. The van der Waals surface area contributed by atoms with Gasteiger partial charge in [-0.2, -0.15) is 5.26 Å². The molecule has 4 aromatic rings. The zero-order valence-electron chi connectivity index (χ0n) is 23.1. The number of benzene rings is 3. The van der Waals surface area contributed by atoms with Crippen LogP contribution in [0.15, 0.2) is 77.0 Å². The molecule has 10 heteroatoms. The van der Waals surface area contributed by atoms with E-state index in [2.05, 4.69) is 31.9 Å². The summed E-state index contributed by atoms with van der Waals surface area (Å²) in [6.45, 7) is 3.16. The van der Waals surface area contributed by atoms with Gasteiger partial charge < -0.3 is 20.5 Å². The molecule has 1 heterocycles. The van der Waals surface area contributed by atoms with Crippen molar-refractivity contribution in [1.82, 2.24) is 4.98 Å². The molecular formula is C32H28N6O4. The molecule has 0 unspecified atom stereocenters. The Balaban J connectivity index is 1.55. The molecule has 210 valence electrons. The maximum atomic E-state index is 13.5. The number of phenolic OH excluding ortho intramolecular Hbond substituents is 1. The number of aromatic nitrogens is 1. The maximum absolute atomic E-state index is 13.5. The summed E-state index contributed by atoms with van der Waals surface area (Å²) >= 11 is 0. The van der Waals surface area contributed by atoms with Crippen molar-refractivity contribution in [2.45, 2.75) is 13.3 Å². The van der Waals surface area contributed by atoms with Crippen LogP contribution in [0.2, 0.25) is 0 Å². The Labute approximate surface area is 242 Å². The van der Waals surface area contributed by atoms with Crippen molar-refractivity contribution in [3.05, 3.63) is 106 Å². The number of anilines is 2. The number of nitrogens with zero attached hydrogens (tertiary/aromatic N) is 4. The van der Waals surface area contributed by atoms with Gasteiger partial charge in [0, 0.05) is 36.9 Å². The zero-order chi connectivity index (χ0) is 29.6. The minimum Gasteiger partial charge on any atom is -0.507 e. The molecule has 5 rings (SSSR count). The summed E-state index contributed by atoms with van der Waals surface area (Å²) < 4.78 is 5.12. The van der Waals surface area contributed by atoms with E-state index >= 15 is 0 Å². The fraction of sp³-hybridized carbons (Fsp3) is 0.188. The number of ketones is 2. The van der Waals surface area contributed by atoms with Crippen molar-refractivity contribution < 1.29 is 19.4 Å². The number of nitrogens with one attached hydrogen (secondary N) is 2. The SMILES string of the molecule is COCCNc1nc(NCCc2ccccc2)c(/N=N/c2cccc3c2C(=O)c2c(O)cccc2C3=O)c(C)c1C#N. The van der Waals surface area contributed by atoms with E-state index < -0.39 is 5.78 Å². The smallest absolute Gasteiger partial charge is 0.200 e. The van der Waals surface area contributed by atoms with Crippen molar-refractivity contribution in [2.24, 2.45) is 10.2 Å². The molecule has 0 aliphatic heterocycles. The molecule has 42 heavy (non-hydrogen) atoms. The lowest BCUT2D eigenvalue weighted by Gasteiger charge is -2.19. The van der Waals surface area contributed by atoms with Crippen molar-refractivity contribution in [3.8, 4) is 11.8 Å². The molecule has 3 aromatic carbocycles. The van der Waals surface area contributed by atoms with E-state index in [-0.39, 0.29) is 39.5 Å². The second-order valence-electron chi connectivity index (χ2n) is 9.61. The number of pyridine rings is 1. The molecule has 1 aliphatic carbocycles. The molecule has 0 atom stereocenters. The molecule has 10 nitrogen and oxygen atoms in total. The first-order chi connectivity index (χ1) is 20.4. The molecule has 3 N–H and O–H groups in total. The first-order valence-electron chi connectivity index (χ1n) is 13.4. The lowest BCUT2D eigenvalue weighted by Crippen LogP contribution is -2.21. The first-order valence-corrected chi connectivity index (χ1v) is 13.4. The van der Waals surface area contributed by atoms with E-state index in [0.29, 0.717) is 48.1 Å². The molecule has 0 radical (unpaired) electrons. The average Bonchev–Trinajstić information content (AvgIpc) is 3.00. The van der Waals surface area contributed by atoms with Gasteiger partial charge in [0.15, 0.2) is 17.4 Å². The van der Waals surface area contributed by atoms with Gasteiger partial charge in [-0.3, -0.25) is 9.59 Å². The molecular weight excluding hydrogens is 532 g/mol. The van der Waals surface area contributed by atoms with Gasteiger partial charge in [-0.1, -0.05) is 54.6 Å². The average molecular weight is 561 g/mol. The summed E-state index contributed by atoms with van der Waals surface area (Å²) in [5.74, 6) is -0.381. The van der Waals surface area contributed by atoms with Gasteiger partial charge in [-0.15, -0.1) is 10.2 Å². The van der Waals surface area contributed by atoms with Crippen LogP contribution in [-0.2, 0) is 11.2 Å². The van der Waals surface area contributed by atoms with E-state index in [1.165, 1.54) is 18.2 Å². The van der Waals surface area contributed by atoms with Crippen LogP contribution in [0.3, 0.4) is 0 Å². The van der Waals surface area contributed by atoms with E-state index in [0.717, 1.165) is 12.0 Å². The van der Waals surface area contributed by atoms with Crippen LogP contribution in [-0.4, -0.2) is 48.5 Å². The Bertz CT molecular complexity index is 1740. The first kappa shape index (κ1) is 28.1. The predicted octanol–water partition coefficient (Wildman–Crippen LogP) is 5.87. The number of hydrogen-bond acceptors (Lipinski definition) is 10. The number of carbonyl (C=O) groups excluding carboxylic acids is 2. The lowest BCUT2D eigenvalue weighted by molar-refractivity contribution is 0.0977. The summed E-state index contributed by atoms with van der Waals surface area (Å²) in [5, 5.41) is 35.7. The van der Waals surface area contributed by atoms with Crippen molar-refractivity contribution in [3.63, 3.8) is 0 Å². The molecule has 0 fully saturated rings. The zero-order valence-corrected chi connectivity index (χ0v) is 23.1. The van der Waals surface area contributed by atoms with Gasteiger partial charge in [0.25, 0.3) is 0 Å². The number of methoxy groups -OCH3 is 1. The second-order valence-corrected chi connectivity index (χ2v) is 9.61. The fourth-order valence-electron chi connectivity index (χ4n) is 4.84. The highest BCUT2D eigenvalue weighted by Gasteiger charge is 2.33. The van der Waals surface area contributed by atoms with Gasteiger partial charge >= 0.3 is 0 Å². The van der Waals surface area contributed by atoms with Gasteiger partial charge in [0.1, 0.15) is 23.3 Å². The van der Waals surface area contributed by atoms with Crippen molar-refractivity contribution >= 4 is 34.6 Å². The molecule has 0 amide bonds. The number of hydrogen-bond donors (Lipinski definition) is 3. The molecule has 1 aromatic heterocycles. The largest absolute Gasteiger partial charge is 0.507 e. The molecule has 0 saturated heterocycles. The minimum atomic E-state index is -0.515. The normalized spacial score (nSPS) is 12.1. The summed E-state index contributed by atoms with van der Waals surface area (Å²) in [7, 11) is 1.59. The second kappa shape index (κ2) is 12.4. The van der Waals surface area contributed by atoms with Gasteiger partial charge in [0.05, 0.1) is 29.0 Å². The van der Waals surface area contributed by atoms with Crippen LogP contribution in [0.5, 0.6) is 5.75 Å². The third kappa shape index (κ3) is 5.46. The quantitative estimate of drug-likeness (QED) is 0.142. The third-order valence-corrected chi connectivity index (χ3v) is 6.96. The number of ether oxygens (including phenoxy) is 1. The highest BCUT2D eigenvalue weighted by Crippen LogP contribution is 2.39. The number of azo groups is 1. The lowest BCUT2D eigenvalue weighted by atomic mass is 9.83. The number of rotatable bonds is 10. The Morgan fingerprint density at radius 1 is 0.881 bits per heavy atom. The third-order valence-electron chi connectivity index (χ3n) is 6.96. The van der Waals surface area contributed by atoms with Crippen LogP contribution in [0.1, 0.15) is 48.5 Å². The van der Waals surface area contributed by atoms with E-state index in [9.17, 15) is 20.0 Å². The molecule has 0 spiro atoms. The van der Waals surface area contributed by atoms with E-state index in [1.807, 2.05) is 30.3 Å². The number of carbonyl (C=O) groups is 2. The molecule has 1 aliphatic rings. The highest BCUT2D eigenvalue weighted by atomic mass is 16.5. The van der Waals surface area contributed by atoms with E-state index in [1.54, 1.807) is 32.2 Å². The Kier molecular flexibility index (Phi) is 8.32. The van der Waals surface area contributed by atoms with Gasteiger partial charge in [0.2, 0.25) is 0 Å². The number of phenols is 1. The maximum Gasteiger partial charge on any atom is 0.200 e. The van der Waals surface area contributed by atoms with Crippen molar-refractivity contribution in [1.29, 1.82) is 5.26 Å². The summed E-state index contributed by atoms with van der Waals surface area (Å²) in [6, 6.07) is 21.3. The molecule has 0 saturated carbocycles. The summed E-state index contributed by atoms with van der Waals surface area (Å²) in [5.41, 5.74) is 2.78. The monoisotopic (exact) mass is 560 g/mol. The summed E-state index contributed by atoms with van der Waals surface area (Å²) in [4.78, 5) is 31.4. The van der Waals surface area contributed by atoms with E-state index in [4.69, 9.17) is 4.74 Å². The Morgan fingerprint density at radius 3 is 2.33 bits per heavy atom. The molecule has 0 bridgehead atoms. The van der Waals surface area contributed by atoms with Crippen LogP contribution in [0.25, 0.3) is 0 Å². The Morgan fingerprint density at radius 2 is 1.60 bits per heavy atom.